The number of nitrogen functional groups attached to an aromatic ring is 1. The second-order valence-corrected chi connectivity index (χ2v) is 4.17. The van der Waals surface area contributed by atoms with Gasteiger partial charge < -0.3 is 5.73 Å². The van der Waals surface area contributed by atoms with Gasteiger partial charge >= 0.3 is 0 Å². The highest BCUT2D eigenvalue weighted by molar-refractivity contribution is 6.21. The van der Waals surface area contributed by atoms with Crippen LogP contribution in [0.3, 0.4) is 0 Å². The zero-order valence-electron chi connectivity index (χ0n) is 9.91. The van der Waals surface area contributed by atoms with Crippen LogP contribution in [0.1, 0.15) is 26.4 Å². The number of fused-ring (bicyclic) bond motifs is 1. The molecule has 1 aliphatic heterocycles. The second-order valence-electron chi connectivity index (χ2n) is 4.17. The lowest BCUT2D eigenvalue weighted by atomic mass is 10.1. The van der Waals surface area contributed by atoms with E-state index in [1.165, 1.54) is 12.4 Å². The van der Waals surface area contributed by atoms with Gasteiger partial charge in [0.05, 0.1) is 35.8 Å². The van der Waals surface area contributed by atoms with Crippen molar-refractivity contribution in [3.05, 3.63) is 53.5 Å². The summed E-state index contributed by atoms with van der Waals surface area (Å²) in [4.78, 5) is 33.3. The van der Waals surface area contributed by atoms with E-state index in [1.54, 1.807) is 24.3 Å². The minimum absolute atomic E-state index is 0.0969. The quantitative estimate of drug-likeness (QED) is 0.803. The third-order valence-electron chi connectivity index (χ3n) is 2.92. The summed E-state index contributed by atoms with van der Waals surface area (Å²) in [6.45, 7) is 0.0969. The van der Waals surface area contributed by atoms with Crippen LogP contribution in [-0.2, 0) is 6.54 Å². The van der Waals surface area contributed by atoms with Gasteiger partial charge in [0.1, 0.15) is 5.82 Å². The molecule has 19 heavy (non-hydrogen) atoms. The van der Waals surface area contributed by atoms with Crippen molar-refractivity contribution in [2.75, 3.05) is 5.73 Å². The van der Waals surface area contributed by atoms with Gasteiger partial charge in [0.2, 0.25) is 0 Å². The number of hydrogen-bond donors (Lipinski definition) is 1. The molecule has 1 aliphatic rings. The van der Waals surface area contributed by atoms with Crippen LogP contribution in [-0.4, -0.2) is 26.7 Å². The van der Waals surface area contributed by atoms with Crippen LogP contribution in [0.2, 0.25) is 0 Å². The Morgan fingerprint density at radius 2 is 1.63 bits per heavy atom. The van der Waals surface area contributed by atoms with E-state index in [0.29, 0.717) is 22.6 Å². The van der Waals surface area contributed by atoms with Gasteiger partial charge in [0, 0.05) is 0 Å². The van der Waals surface area contributed by atoms with E-state index in [0.717, 1.165) is 4.90 Å². The van der Waals surface area contributed by atoms with Crippen molar-refractivity contribution in [2.45, 2.75) is 6.54 Å². The fraction of sp³-hybridized carbons (Fsp3) is 0.0769. The average Bonchev–Trinajstić information content (AvgIpc) is 2.67. The van der Waals surface area contributed by atoms with Crippen LogP contribution >= 0.6 is 0 Å². The number of carbonyl (C=O) groups excluding carboxylic acids is 2. The van der Waals surface area contributed by atoms with Gasteiger partial charge in [0.25, 0.3) is 11.8 Å². The van der Waals surface area contributed by atoms with Crippen LogP contribution in [0.25, 0.3) is 0 Å². The van der Waals surface area contributed by atoms with Crippen molar-refractivity contribution in [3.63, 3.8) is 0 Å². The van der Waals surface area contributed by atoms with E-state index in [1.807, 2.05) is 0 Å². The molecule has 2 aromatic rings. The monoisotopic (exact) mass is 254 g/mol. The number of rotatable bonds is 2. The summed E-state index contributed by atoms with van der Waals surface area (Å²) in [6, 6.07) is 6.75. The number of amides is 2. The number of nitrogens with zero attached hydrogens (tertiary/aromatic N) is 3. The minimum atomic E-state index is -0.306. The summed E-state index contributed by atoms with van der Waals surface area (Å²) in [5, 5.41) is 0. The third kappa shape index (κ3) is 1.83. The number of hydrogen-bond acceptors (Lipinski definition) is 5. The van der Waals surface area contributed by atoms with Crippen molar-refractivity contribution in [1.29, 1.82) is 0 Å². The van der Waals surface area contributed by atoms with E-state index in [4.69, 9.17) is 5.73 Å². The number of nitrogens with two attached hydrogens (primary N) is 1. The van der Waals surface area contributed by atoms with Crippen molar-refractivity contribution in [3.8, 4) is 0 Å². The molecule has 1 aromatic carbocycles. The highest BCUT2D eigenvalue weighted by Gasteiger charge is 2.35. The lowest BCUT2D eigenvalue weighted by molar-refractivity contribution is 0.0640. The second kappa shape index (κ2) is 4.16. The SMILES string of the molecule is Nc1cnc(CN2C(=O)c3ccccc3C2=O)cn1. The van der Waals surface area contributed by atoms with Crippen LogP contribution in [0, 0.1) is 0 Å². The van der Waals surface area contributed by atoms with Crippen LogP contribution in [0.5, 0.6) is 0 Å². The first-order valence-electron chi connectivity index (χ1n) is 5.68. The summed E-state index contributed by atoms with van der Waals surface area (Å²) in [7, 11) is 0. The predicted octanol–water partition coefficient (Wildman–Crippen LogP) is 0.855. The van der Waals surface area contributed by atoms with E-state index >= 15 is 0 Å². The lowest BCUT2D eigenvalue weighted by Gasteiger charge is -2.12. The Labute approximate surface area is 108 Å². The normalized spacial score (nSPS) is 13.8. The van der Waals surface area contributed by atoms with Gasteiger partial charge in [-0.1, -0.05) is 12.1 Å². The summed E-state index contributed by atoms with van der Waals surface area (Å²) in [6.07, 6.45) is 2.85. The number of carbonyl (C=O) groups is 2. The molecule has 3 rings (SSSR count). The fourth-order valence-electron chi connectivity index (χ4n) is 1.99. The van der Waals surface area contributed by atoms with Crippen molar-refractivity contribution in [1.82, 2.24) is 14.9 Å². The largest absolute Gasteiger partial charge is 0.382 e. The Hall–Kier alpha value is -2.76. The number of aromatic nitrogens is 2. The van der Waals surface area contributed by atoms with Crippen LogP contribution in [0.15, 0.2) is 36.7 Å². The Balaban J connectivity index is 1.90. The molecule has 2 heterocycles. The molecule has 6 nitrogen and oxygen atoms in total. The summed E-state index contributed by atoms with van der Waals surface area (Å²) in [5.74, 6) is -0.315. The Bertz CT molecular complexity index is 632. The zero-order valence-corrected chi connectivity index (χ0v) is 9.91. The standard InChI is InChI=1S/C13H10N4O2/c14-11-6-15-8(5-16-11)7-17-12(18)9-3-1-2-4-10(9)13(17)19/h1-6H,7H2,(H2,14,16). The highest BCUT2D eigenvalue weighted by Crippen LogP contribution is 2.23. The first-order chi connectivity index (χ1) is 9.16. The first-order valence-corrected chi connectivity index (χ1v) is 5.68. The Kier molecular flexibility index (Phi) is 2.49. The van der Waals surface area contributed by atoms with Gasteiger partial charge in [-0.15, -0.1) is 0 Å². The smallest absolute Gasteiger partial charge is 0.261 e. The molecular formula is C13H10N4O2. The van der Waals surface area contributed by atoms with Crippen LogP contribution < -0.4 is 5.73 Å². The van der Waals surface area contributed by atoms with Gasteiger partial charge in [-0.05, 0) is 12.1 Å². The molecule has 0 unspecified atom stereocenters. The Morgan fingerprint density at radius 3 is 2.16 bits per heavy atom. The molecule has 0 spiro atoms. The van der Waals surface area contributed by atoms with Gasteiger partial charge in [-0.2, -0.15) is 0 Å². The molecule has 0 atom stereocenters. The maximum atomic E-state index is 12.1. The minimum Gasteiger partial charge on any atom is -0.382 e. The molecule has 6 heteroatoms. The molecule has 0 bridgehead atoms. The maximum absolute atomic E-state index is 12.1. The van der Waals surface area contributed by atoms with Gasteiger partial charge in [0.15, 0.2) is 0 Å². The Morgan fingerprint density at radius 1 is 1.00 bits per heavy atom. The molecule has 0 saturated carbocycles. The molecule has 0 saturated heterocycles. The first kappa shape index (κ1) is 11.3. The third-order valence-corrected chi connectivity index (χ3v) is 2.92. The molecule has 0 aliphatic carbocycles. The topological polar surface area (TPSA) is 89.2 Å². The molecule has 2 amide bonds. The predicted molar refractivity (Wildman–Crippen MR) is 67.1 cm³/mol. The van der Waals surface area contributed by atoms with E-state index < -0.39 is 0 Å². The van der Waals surface area contributed by atoms with Crippen molar-refractivity contribution in [2.24, 2.45) is 0 Å². The molecular weight excluding hydrogens is 244 g/mol. The maximum Gasteiger partial charge on any atom is 0.261 e. The number of benzene rings is 1. The lowest BCUT2D eigenvalue weighted by Crippen LogP contribution is -2.29. The highest BCUT2D eigenvalue weighted by atomic mass is 16.2. The van der Waals surface area contributed by atoms with Crippen molar-refractivity contribution < 1.29 is 9.59 Å². The molecule has 2 N–H and O–H groups in total. The molecule has 0 fully saturated rings. The molecule has 94 valence electrons. The fourth-order valence-corrected chi connectivity index (χ4v) is 1.99. The molecule has 0 radical (unpaired) electrons. The summed E-state index contributed by atoms with van der Waals surface area (Å²) >= 11 is 0. The average molecular weight is 254 g/mol. The summed E-state index contributed by atoms with van der Waals surface area (Å²) < 4.78 is 0. The van der Waals surface area contributed by atoms with Crippen molar-refractivity contribution >= 4 is 17.6 Å². The zero-order chi connectivity index (χ0) is 13.4. The van der Waals surface area contributed by atoms with Gasteiger partial charge in [-0.25, -0.2) is 4.98 Å². The van der Waals surface area contributed by atoms with Gasteiger partial charge in [-0.3, -0.25) is 19.5 Å². The van der Waals surface area contributed by atoms with E-state index in [-0.39, 0.29) is 18.4 Å². The molecule has 1 aromatic heterocycles. The van der Waals surface area contributed by atoms with E-state index in [9.17, 15) is 9.59 Å². The van der Waals surface area contributed by atoms with E-state index in [2.05, 4.69) is 9.97 Å². The summed E-state index contributed by atoms with van der Waals surface area (Å²) in [5.41, 5.74) is 6.81. The van der Waals surface area contributed by atoms with Crippen LogP contribution in [0.4, 0.5) is 5.82 Å². The number of imide groups is 1. The number of anilines is 1.